The molecule has 1 N–H and O–H groups in total. The lowest BCUT2D eigenvalue weighted by atomic mass is 10.1. The Morgan fingerprint density at radius 3 is 2.62 bits per heavy atom. The van der Waals surface area contributed by atoms with Crippen LogP contribution in [0.3, 0.4) is 0 Å². The molecule has 1 aliphatic rings. The highest BCUT2D eigenvalue weighted by Gasteiger charge is 2.19. The first-order chi connectivity index (χ1) is 12.7. The molecular weight excluding hydrogens is 439 g/mol. The van der Waals surface area contributed by atoms with E-state index in [4.69, 9.17) is 0 Å². The molecule has 3 rings (SSSR count). The first-order valence-electron chi connectivity index (χ1n) is 8.67. The summed E-state index contributed by atoms with van der Waals surface area (Å²) in [5.74, 6) is 0.0112. The molecule has 1 saturated heterocycles. The van der Waals surface area contributed by atoms with Crippen molar-refractivity contribution in [3.05, 3.63) is 57.7 Å². The van der Waals surface area contributed by atoms with Crippen molar-refractivity contribution in [1.82, 2.24) is 4.90 Å². The van der Waals surface area contributed by atoms with Gasteiger partial charge in [-0.15, -0.1) is 0 Å². The Balaban J connectivity index is 1.56. The molecule has 2 aromatic carbocycles. The average Bonchev–Trinajstić information content (AvgIpc) is 2.89. The third kappa shape index (κ3) is 4.96. The summed E-state index contributed by atoms with van der Waals surface area (Å²) in [6.07, 6.45) is 0.969. The normalized spacial score (nSPS) is 15.2. The molecule has 26 heavy (non-hydrogen) atoms. The second kappa shape index (κ2) is 9.01. The Kier molecular flexibility index (Phi) is 6.47. The lowest BCUT2D eigenvalue weighted by molar-refractivity contribution is -0.117. The summed E-state index contributed by atoms with van der Waals surface area (Å²) < 4.78 is 1.14. The van der Waals surface area contributed by atoms with Crippen LogP contribution in [0, 0.1) is 14.9 Å². The first kappa shape index (κ1) is 18.7. The summed E-state index contributed by atoms with van der Waals surface area (Å²) >= 11 is 2.24. The molecule has 0 unspecified atom stereocenters. The van der Waals surface area contributed by atoms with Crippen molar-refractivity contribution in [2.75, 3.05) is 42.9 Å². The maximum absolute atomic E-state index is 12.3. The highest BCUT2D eigenvalue weighted by atomic mass is 127. The third-order valence-corrected chi connectivity index (χ3v) is 5.17. The Morgan fingerprint density at radius 2 is 1.85 bits per heavy atom. The van der Waals surface area contributed by atoms with Crippen LogP contribution in [0.25, 0.3) is 0 Å². The van der Waals surface area contributed by atoms with Crippen LogP contribution in [0.15, 0.2) is 48.5 Å². The van der Waals surface area contributed by atoms with Crippen molar-refractivity contribution in [1.29, 1.82) is 5.26 Å². The number of hydrogen-bond donors (Lipinski definition) is 1. The number of rotatable bonds is 4. The van der Waals surface area contributed by atoms with E-state index < -0.39 is 0 Å². The van der Waals surface area contributed by atoms with Crippen LogP contribution in [-0.4, -0.2) is 43.5 Å². The van der Waals surface area contributed by atoms with Crippen molar-refractivity contribution in [3.63, 3.8) is 0 Å². The minimum atomic E-state index is 0.0112. The summed E-state index contributed by atoms with van der Waals surface area (Å²) in [6, 6.07) is 17.8. The second-order valence-corrected chi connectivity index (χ2v) is 7.55. The summed E-state index contributed by atoms with van der Waals surface area (Å²) in [4.78, 5) is 16.7. The van der Waals surface area contributed by atoms with Crippen molar-refractivity contribution in [2.24, 2.45) is 0 Å². The van der Waals surface area contributed by atoms with Crippen molar-refractivity contribution < 1.29 is 4.79 Å². The lowest BCUT2D eigenvalue weighted by Gasteiger charge is -2.24. The zero-order valence-corrected chi connectivity index (χ0v) is 16.6. The number of para-hydroxylation sites is 1. The number of anilines is 2. The minimum absolute atomic E-state index is 0.0112. The number of halogens is 1. The zero-order chi connectivity index (χ0) is 18.4. The molecule has 1 amide bonds. The molecule has 0 aromatic heterocycles. The number of nitrogens with one attached hydrogen (secondary N) is 1. The standard InChI is InChI=1S/C20H21IN4O/c21-17-6-8-18(9-7-17)23-20(26)15-24-10-3-11-25(13-12-24)19-5-2-1-4-16(19)14-22/h1-2,4-9H,3,10-13,15H2,(H,23,26). The molecular formula is C20H21IN4O. The van der Waals surface area contributed by atoms with Crippen LogP contribution in [0.1, 0.15) is 12.0 Å². The lowest BCUT2D eigenvalue weighted by Crippen LogP contribution is -2.36. The molecule has 134 valence electrons. The number of carbonyl (C=O) groups excluding carboxylic acids is 1. The van der Waals surface area contributed by atoms with E-state index in [1.807, 2.05) is 48.5 Å². The minimum Gasteiger partial charge on any atom is -0.369 e. The smallest absolute Gasteiger partial charge is 0.238 e. The maximum atomic E-state index is 12.3. The molecule has 2 aromatic rings. The van der Waals surface area contributed by atoms with Crippen LogP contribution in [0.5, 0.6) is 0 Å². The number of carbonyl (C=O) groups is 1. The second-order valence-electron chi connectivity index (χ2n) is 6.30. The number of nitriles is 1. The van der Waals surface area contributed by atoms with E-state index in [1.54, 1.807) is 0 Å². The zero-order valence-electron chi connectivity index (χ0n) is 14.5. The third-order valence-electron chi connectivity index (χ3n) is 4.45. The van der Waals surface area contributed by atoms with Gasteiger partial charge < -0.3 is 10.2 Å². The van der Waals surface area contributed by atoms with Crippen molar-refractivity contribution >= 4 is 39.9 Å². The topological polar surface area (TPSA) is 59.4 Å². The van der Waals surface area contributed by atoms with Gasteiger partial charge in [-0.05, 0) is 65.4 Å². The van der Waals surface area contributed by atoms with Crippen LogP contribution >= 0.6 is 22.6 Å². The Hall–Kier alpha value is -2.11. The van der Waals surface area contributed by atoms with Gasteiger partial charge in [0.1, 0.15) is 6.07 Å². The monoisotopic (exact) mass is 460 g/mol. The molecule has 6 heteroatoms. The SMILES string of the molecule is N#Cc1ccccc1N1CCCN(CC(=O)Nc2ccc(I)cc2)CC1. The molecule has 0 bridgehead atoms. The van der Waals surface area contributed by atoms with Crippen LogP contribution in [0.4, 0.5) is 11.4 Å². The van der Waals surface area contributed by atoms with Gasteiger partial charge in [-0.1, -0.05) is 12.1 Å². The molecule has 1 heterocycles. The fraction of sp³-hybridized carbons (Fsp3) is 0.300. The number of amides is 1. The average molecular weight is 460 g/mol. The molecule has 0 spiro atoms. The number of nitrogens with zero attached hydrogens (tertiary/aromatic N) is 3. The first-order valence-corrected chi connectivity index (χ1v) is 9.75. The van der Waals surface area contributed by atoms with Crippen LogP contribution < -0.4 is 10.2 Å². The molecule has 0 saturated carbocycles. The Labute approximate surface area is 167 Å². The van der Waals surface area contributed by atoms with Crippen molar-refractivity contribution in [2.45, 2.75) is 6.42 Å². The highest BCUT2D eigenvalue weighted by molar-refractivity contribution is 14.1. The predicted octanol–water partition coefficient (Wildman–Crippen LogP) is 3.31. The van der Waals surface area contributed by atoms with Gasteiger partial charge in [-0.2, -0.15) is 5.26 Å². The van der Waals surface area contributed by atoms with Gasteiger partial charge in [0.05, 0.1) is 17.8 Å². The summed E-state index contributed by atoms with van der Waals surface area (Å²) in [6.45, 7) is 3.79. The fourth-order valence-corrected chi connectivity index (χ4v) is 3.51. The van der Waals surface area contributed by atoms with Gasteiger partial charge in [-0.3, -0.25) is 9.69 Å². The number of benzene rings is 2. The summed E-state index contributed by atoms with van der Waals surface area (Å²) in [5.41, 5.74) is 2.52. The molecule has 0 aliphatic carbocycles. The van der Waals surface area contributed by atoms with Gasteiger partial charge in [0, 0.05) is 35.4 Å². The van der Waals surface area contributed by atoms with E-state index in [-0.39, 0.29) is 5.91 Å². The quantitative estimate of drug-likeness (QED) is 0.712. The highest BCUT2D eigenvalue weighted by Crippen LogP contribution is 2.21. The van der Waals surface area contributed by atoms with E-state index in [9.17, 15) is 10.1 Å². The van der Waals surface area contributed by atoms with Crippen LogP contribution in [0.2, 0.25) is 0 Å². The van der Waals surface area contributed by atoms with E-state index in [2.05, 4.69) is 43.8 Å². The van der Waals surface area contributed by atoms with Gasteiger partial charge >= 0.3 is 0 Å². The number of hydrogen-bond acceptors (Lipinski definition) is 4. The van der Waals surface area contributed by atoms with Gasteiger partial charge in [0.15, 0.2) is 0 Å². The molecule has 0 atom stereocenters. The van der Waals surface area contributed by atoms with Gasteiger partial charge in [-0.25, -0.2) is 0 Å². The Morgan fingerprint density at radius 1 is 1.08 bits per heavy atom. The van der Waals surface area contributed by atoms with Gasteiger partial charge in [0.2, 0.25) is 5.91 Å². The van der Waals surface area contributed by atoms with Crippen LogP contribution in [-0.2, 0) is 4.79 Å². The van der Waals surface area contributed by atoms with E-state index in [1.165, 1.54) is 0 Å². The Bertz CT molecular complexity index is 800. The summed E-state index contributed by atoms with van der Waals surface area (Å²) in [7, 11) is 0. The van der Waals surface area contributed by atoms with E-state index in [0.717, 1.165) is 47.5 Å². The predicted molar refractivity (Wildman–Crippen MR) is 112 cm³/mol. The summed E-state index contributed by atoms with van der Waals surface area (Å²) in [5, 5.41) is 12.3. The molecule has 1 fully saturated rings. The van der Waals surface area contributed by atoms with E-state index in [0.29, 0.717) is 12.1 Å². The largest absolute Gasteiger partial charge is 0.369 e. The molecule has 1 aliphatic heterocycles. The molecule has 5 nitrogen and oxygen atoms in total. The van der Waals surface area contributed by atoms with Crippen molar-refractivity contribution in [3.8, 4) is 6.07 Å². The van der Waals surface area contributed by atoms with Gasteiger partial charge in [0.25, 0.3) is 0 Å². The maximum Gasteiger partial charge on any atom is 0.238 e. The molecule has 0 radical (unpaired) electrons. The van der Waals surface area contributed by atoms with E-state index >= 15 is 0 Å². The fourth-order valence-electron chi connectivity index (χ4n) is 3.15.